The molecular weight excluding hydrogens is 364 g/mol. The van der Waals surface area contributed by atoms with Gasteiger partial charge in [-0.25, -0.2) is 5.06 Å². The third-order valence-corrected chi connectivity index (χ3v) is 5.32. The maximum atomic E-state index is 13.3. The Morgan fingerprint density at radius 1 is 1.22 bits per heavy atom. The number of benzene rings is 1. The van der Waals surface area contributed by atoms with Crippen molar-refractivity contribution >= 4 is 17.5 Å². The number of carbonyl (C=O) groups excluding carboxylic acids is 1. The largest absolute Gasteiger partial charge is 0.352 e. The van der Waals surface area contributed by atoms with E-state index in [1.807, 2.05) is 34.1 Å². The lowest BCUT2D eigenvalue weighted by Crippen LogP contribution is -2.49. The number of halogens is 1. The van der Waals surface area contributed by atoms with E-state index in [1.165, 1.54) is 5.57 Å². The van der Waals surface area contributed by atoms with Crippen LogP contribution in [0.1, 0.15) is 19.4 Å². The van der Waals surface area contributed by atoms with Crippen LogP contribution in [0.4, 0.5) is 0 Å². The van der Waals surface area contributed by atoms with Crippen LogP contribution in [0.5, 0.6) is 0 Å². The Bertz CT molecular complexity index is 859. The standard InChI is InChI=1S/C20H23ClN4O2/c1-4-22-10-14(2)9-17-19(22)25-13-23(27-3)12-18(25)20(26)24(17)11-15-5-7-16(21)8-6-15/h5-9,12H,4,10-11,13H2,1-3H3. The number of likely N-dealkylation sites (N-methyl/N-ethyl adjacent to an activating group) is 1. The second-order valence-electron chi connectivity index (χ2n) is 6.91. The van der Waals surface area contributed by atoms with Gasteiger partial charge < -0.3 is 4.90 Å². The van der Waals surface area contributed by atoms with Crippen molar-refractivity contribution in [3.8, 4) is 0 Å². The molecule has 0 aromatic heterocycles. The second kappa shape index (κ2) is 6.94. The van der Waals surface area contributed by atoms with E-state index in [-0.39, 0.29) is 5.91 Å². The molecular formula is C20H23ClN4O2. The van der Waals surface area contributed by atoms with Crippen LogP contribution < -0.4 is 0 Å². The van der Waals surface area contributed by atoms with Gasteiger partial charge in [-0.1, -0.05) is 29.3 Å². The molecule has 1 aromatic rings. The first-order valence-corrected chi connectivity index (χ1v) is 9.42. The quantitative estimate of drug-likeness (QED) is 0.795. The molecule has 0 spiro atoms. The predicted octanol–water partition coefficient (Wildman–Crippen LogP) is 3.11. The minimum Gasteiger partial charge on any atom is -0.352 e. The summed E-state index contributed by atoms with van der Waals surface area (Å²) in [4.78, 5) is 24.9. The number of carbonyl (C=O) groups is 1. The van der Waals surface area contributed by atoms with E-state index in [0.29, 0.717) is 23.9 Å². The SMILES string of the molecule is CCN1CC(C)=CC2=C1N1CN(OC)C=C1C(=O)N2Cc1ccc(Cl)cc1. The summed E-state index contributed by atoms with van der Waals surface area (Å²) in [6, 6.07) is 7.64. The molecule has 1 aromatic carbocycles. The van der Waals surface area contributed by atoms with Crippen LogP contribution in [0.15, 0.2) is 59.3 Å². The number of hydroxylamine groups is 2. The monoisotopic (exact) mass is 386 g/mol. The first-order chi connectivity index (χ1) is 13.0. The molecule has 0 atom stereocenters. The fraction of sp³-hybridized carbons (Fsp3) is 0.350. The normalized spacial score (nSPS) is 19.3. The number of hydrogen-bond acceptors (Lipinski definition) is 5. The summed E-state index contributed by atoms with van der Waals surface area (Å²) >= 11 is 6.01. The average molecular weight is 387 g/mol. The van der Waals surface area contributed by atoms with E-state index < -0.39 is 0 Å². The fourth-order valence-corrected chi connectivity index (χ4v) is 3.88. The maximum absolute atomic E-state index is 13.3. The summed E-state index contributed by atoms with van der Waals surface area (Å²) in [5, 5.41) is 2.37. The summed E-state index contributed by atoms with van der Waals surface area (Å²) in [5.74, 6) is 1.03. The molecule has 0 saturated heterocycles. The van der Waals surface area contributed by atoms with Gasteiger partial charge >= 0.3 is 0 Å². The Morgan fingerprint density at radius 2 is 1.96 bits per heavy atom. The van der Waals surface area contributed by atoms with Crippen molar-refractivity contribution in [2.75, 3.05) is 26.9 Å². The zero-order chi connectivity index (χ0) is 19.1. The lowest BCUT2D eigenvalue weighted by molar-refractivity contribution is -0.129. The molecule has 3 aliphatic heterocycles. The highest BCUT2D eigenvalue weighted by Crippen LogP contribution is 2.37. The molecule has 3 heterocycles. The molecule has 3 aliphatic rings. The van der Waals surface area contributed by atoms with Gasteiger partial charge in [-0.2, -0.15) is 0 Å². The van der Waals surface area contributed by atoms with Crippen LogP contribution in [0.2, 0.25) is 5.02 Å². The molecule has 0 saturated carbocycles. The Morgan fingerprint density at radius 3 is 2.63 bits per heavy atom. The van der Waals surface area contributed by atoms with Crippen LogP contribution in [-0.2, 0) is 16.2 Å². The summed E-state index contributed by atoms with van der Waals surface area (Å²) in [6.07, 6.45) is 3.90. The molecule has 0 fully saturated rings. The highest BCUT2D eigenvalue weighted by Gasteiger charge is 2.42. The summed E-state index contributed by atoms with van der Waals surface area (Å²) in [5.41, 5.74) is 3.85. The van der Waals surface area contributed by atoms with E-state index in [4.69, 9.17) is 16.4 Å². The van der Waals surface area contributed by atoms with E-state index in [2.05, 4.69) is 24.8 Å². The number of fused-ring (bicyclic) bond motifs is 2. The molecule has 6 nitrogen and oxygen atoms in total. The van der Waals surface area contributed by atoms with Gasteiger partial charge in [0.1, 0.15) is 18.2 Å². The minimum atomic E-state index is -0.0229. The molecule has 27 heavy (non-hydrogen) atoms. The van der Waals surface area contributed by atoms with Crippen molar-refractivity contribution in [2.24, 2.45) is 0 Å². The molecule has 0 radical (unpaired) electrons. The first-order valence-electron chi connectivity index (χ1n) is 9.04. The molecule has 0 aliphatic carbocycles. The number of rotatable bonds is 4. The highest BCUT2D eigenvalue weighted by molar-refractivity contribution is 6.30. The molecule has 142 valence electrons. The Balaban J connectivity index is 1.80. The number of nitrogens with zero attached hydrogens (tertiary/aromatic N) is 4. The molecule has 7 heteroatoms. The molecule has 1 amide bonds. The highest BCUT2D eigenvalue weighted by atomic mass is 35.5. The van der Waals surface area contributed by atoms with Gasteiger partial charge in [0.2, 0.25) is 0 Å². The van der Waals surface area contributed by atoms with Gasteiger partial charge in [-0.15, -0.1) is 0 Å². The van der Waals surface area contributed by atoms with Crippen molar-refractivity contribution in [3.05, 3.63) is 69.9 Å². The Kier molecular flexibility index (Phi) is 4.61. The summed E-state index contributed by atoms with van der Waals surface area (Å²) in [6.45, 7) is 6.96. The lowest BCUT2D eigenvalue weighted by atomic mass is 10.1. The maximum Gasteiger partial charge on any atom is 0.277 e. The van der Waals surface area contributed by atoms with E-state index >= 15 is 0 Å². The Labute approximate surface area is 164 Å². The van der Waals surface area contributed by atoms with E-state index in [9.17, 15) is 4.79 Å². The smallest absolute Gasteiger partial charge is 0.277 e. The second-order valence-corrected chi connectivity index (χ2v) is 7.35. The number of hydrogen-bond donors (Lipinski definition) is 0. The van der Waals surface area contributed by atoms with Crippen LogP contribution in [0.25, 0.3) is 0 Å². The van der Waals surface area contributed by atoms with E-state index in [1.54, 1.807) is 18.4 Å². The average Bonchev–Trinajstić information content (AvgIpc) is 3.10. The van der Waals surface area contributed by atoms with Gasteiger partial charge in [0, 0.05) is 18.1 Å². The molecule has 0 N–H and O–H groups in total. The number of amides is 1. The van der Waals surface area contributed by atoms with Gasteiger partial charge in [0.25, 0.3) is 5.91 Å². The first kappa shape index (κ1) is 17.9. The van der Waals surface area contributed by atoms with Crippen molar-refractivity contribution in [1.29, 1.82) is 0 Å². The molecule has 0 bridgehead atoms. The fourth-order valence-electron chi connectivity index (χ4n) is 3.75. The van der Waals surface area contributed by atoms with Crippen LogP contribution in [0.3, 0.4) is 0 Å². The topological polar surface area (TPSA) is 39.3 Å². The van der Waals surface area contributed by atoms with Crippen molar-refractivity contribution < 1.29 is 9.63 Å². The minimum absolute atomic E-state index is 0.0229. The van der Waals surface area contributed by atoms with Crippen LogP contribution >= 0.6 is 11.6 Å². The van der Waals surface area contributed by atoms with Crippen molar-refractivity contribution in [3.63, 3.8) is 0 Å². The lowest BCUT2D eigenvalue weighted by Gasteiger charge is -2.44. The van der Waals surface area contributed by atoms with Gasteiger partial charge in [-0.3, -0.25) is 19.4 Å². The van der Waals surface area contributed by atoms with E-state index in [0.717, 1.165) is 30.2 Å². The Hall–Kier alpha value is -2.44. The van der Waals surface area contributed by atoms with Crippen molar-refractivity contribution in [1.82, 2.24) is 19.8 Å². The van der Waals surface area contributed by atoms with Crippen molar-refractivity contribution in [2.45, 2.75) is 20.4 Å². The molecule has 0 unspecified atom stereocenters. The van der Waals surface area contributed by atoms with Gasteiger partial charge in [0.05, 0.1) is 25.6 Å². The van der Waals surface area contributed by atoms with Crippen LogP contribution in [-0.4, -0.2) is 52.5 Å². The summed E-state index contributed by atoms with van der Waals surface area (Å²) < 4.78 is 0. The number of allylic oxidation sites excluding steroid dienone is 1. The zero-order valence-electron chi connectivity index (χ0n) is 15.8. The van der Waals surface area contributed by atoms with Gasteiger partial charge in [0.15, 0.2) is 0 Å². The molecule has 4 rings (SSSR count). The summed E-state index contributed by atoms with van der Waals surface area (Å²) in [7, 11) is 1.61. The predicted molar refractivity (Wildman–Crippen MR) is 104 cm³/mol. The zero-order valence-corrected chi connectivity index (χ0v) is 16.5. The van der Waals surface area contributed by atoms with Crippen LogP contribution in [0, 0.1) is 0 Å². The third-order valence-electron chi connectivity index (χ3n) is 5.07. The third kappa shape index (κ3) is 3.09. The van der Waals surface area contributed by atoms with Gasteiger partial charge in [-0.05, 0) is 37.6 Å².